The van der Waals surface area contributed by atoms with Crippen LogP contribution in [0, 0.1) is 6.92 Å². The van der Waals surface area contributed by atoms with Gasteiger partial charge in [-0.2, -0.15) is 5.10 Å². The molecule has 1 N–H and O–H groups in total. The first-order valence-electron chi connectivity index (χ1n) is 10.7. The van der Waals surface area contributed by atoms with Crippen LogP contribution in [0.3, 0.4) is 0 Å². The average molecular weight is 403 g/mol. The number of aromatic amines is 1. The first-order chi connectivity index (χ1) is 14.6. The lowest BCUT2D eigenvalue weighted by molar-refractivity contribution is 0.0776. The van der Waals surface area contributed by atoms with Gasteiger partial charge in [0.25, 0.3) is 5.91 Å². The number of aromatic nitrogens is 2. The highest BCUT2D eigenvalue weighted by molar-refractivity contribution is 5.95. The first kappa shape index (κ1) is 20.4. The number of rotatable bonds is 6. The predicted molar refractivity (Wildman–Crippen MR) is 119 cm³/mol. The second kappa shape index (κ2) is 9.26. The topological polar surface area (TPSA) is 52.2 Å². The molecule has 1 aliphatic heterocycles. The molecule has 1 aromatic heterocycles. The molecule has 1 atom stereocenters. The summed E-state index contributed by atoms with van der Waals surface area (Å²) in [5.74, 6) is 0.0176. The number of carbonyl (C=O) groups is 1. The third-order valence-electron chi connectivity index (χ3n) is 6.09. The first-order valence-corrected chi connectivity index (χ1v) is 10.7. The molecule has 5 heteroatoms. The van der Waals surface area contributed by atoms with Gasteiger partial charge in [-0.15, -0.1) is 0 Å². The van der Waals surface area contributed by atoms with Crippen molar-refractivity contribution in [1.29, 1.82) is 0 Å². The standard InChI is InChI=1S/C25H30N4O/c1-19-10-6-7-13-21(19)18-29-15-9-8-14-23(29)24-22(16-26-27-24)25(30)28(2)17-20-11-4-3-5-12-20/h3-7,10-13,16,23H,8-9,14-15,17-18H2,1-2H3,(H,26,27)/t23-/m0/s1. The number of nitrogens with zero attached hydrogens (tertiary/aromatic N) is 3. The van der Waals surface area contributed by atoms with Gasteiger partial charge in [-0.3, -0.25) is 14.8 Å². The number of carbonyl (C=O) groups excluding carboxylic acids is 1. The Labute approximate surface area is 178 Å². The lowest BCUT2D eigenvalue weighted by atomic mass is 9.95. The van der Waals surface area contributed by atoms with E-state index in [9.17, 15) is 4.79 Å². The number of piperidine rings is 1. The Kier molecular flexibility index (Phi) is 6.29. The molecule has 1 saturated heterocycles. The van der Waals surface area contributed by atoms with Gasteiger partial charge in [0.2, 0.25) is 0 Å². The number of nitrogens with one attached hydrogen (secondary N) is 1. The highest BCUT2D eigenvalue weighted by atomic mass is 16.2. The van der Waals surface area contributed by atoms with Crippen LogP contribution in [0.25, 0.3) is 0 Å². The summed E-state index contributed by atoms with van der Waals surface area (Å²) in [6.45, 7) is 4.68. The Bertz CT molecular complexity index is 982. The largest absolute Gasteiger partial charge is 0.337 e. The monoisotopic (exact) mass is 402 g/mol. The summed E-state index contributed by atoms with van der Waals surface area (Å²) in [5.41, 5.74) is 5.42. The minimum atomic E-state index is 0.0176. The van der Waals surface area contributed by atoms with Crippen LogP contribution in [-0.4, -0.2) is 39.5 Å². The van der Waals surface area contributed by atoms with Gasteiger partial charge in [-0.05, 0) is 43.0 Å². The van der Waals surface area contributed by atoms with Gasteiger partial charge in [0, 0.05) is 20.1 Å². The molecular formula is C25H30N4O. The van der Waals surface area contributed by atoms with E-state index in [4.69, 9.17) is 0 Å². The number of hydrogen-bond acceptors (Lipinski definition) is 3. The number of benzene rings is 2. The maximum absolute atomic E-state index is 13.2. The third-order valence-corrected chi connectivity index (χ3v) is 6.09. The van der Waals surface area contributed by atoms with Crippen molar-refractivity contribution < 1.29 is 4.79 Å². The predicted octanol–water partition coefficient (Wildman–Crippen LogP) is 4.72. The lowest BCUT2D eigenvalue weighted by Crippen LogP contribution is -2.35. The zero-order valence-electron chi connectivity index (χ0n) is 17.8. The van der Waals surface area contributed by atoms with Crippen LogP contribution >= 0.6 is 0 Å². The molecule has 0 spiro atoms. The van der Waals surface area contributed by atoms with Crippen molar-refractivity contribution in [1.82, 2.24) is 20.0 Å². The number of H-pyrrole nitrogens is 1. The Morgan fingerprint density at radius 3 is 2.70 bits per heavy atom. The van der Waals surface area contributed by atoms with E-state index in [1.165, 1.54) is 24.0 Å². The Morgan fingerprint density at radius 2 is 1.90 bits per heavy atom. The van der Waals surface area contributed by atoms with Gasteiger partial charge < -0.3 is 4.90 Å². The van der Waals surface area contributed by atoms with Gasteiger partial charge in [-0.25, -0.2) is 0 Å². The van der Waals surface area contributed by atoms with Crippen LogP contribution in [0.2, 0.25) is 0 Å². The normalized spacial score (nSPS) is 17.1. The van der Waals surface area contributed by atoms with E-state index >= 15 is 0 Å². The van der Waals surface area contributed by atoms with Crippen LogP contribution in [0.1, 0.15) is 58.0 Å². The number of amides is 1. The zero-order valence-corrected chi connectivity index (χ0v) is 17.8. The van der Waals surface area contributed by atoms with Crippen LogP contribution in [0.5, 0.6) is 0 Å². The molecule has 1 fully saturated rings. The molecular weight excluding hydrogens is 372 g/mol. The highest BCUT2D eigenvalue weighted by Gasteiger charge is 2.30. The quantitative estimate of drug-likeness (QED) is 0.649. The van der Waals surface area contributed by atoms with Crippen molar-refractivity contribution in [3.63, 3.8) is 0 Å². The Balaban J connectivity index is 1.54. The van der Waals surface area contributed by atoms with Crippen LogP contribution in [0.4, 0.5) is 0 Å². The smallest absolute Gasteiger partial charge is 0.257 e. The van der Waals surface area contributed by atoms with Gasteiger partial charge in [-0.1, -0.05) is 61.0 Å². The molecule has 1 amide bonds. The Hall–Kier alpha value is -2.92. The number of aryl methyl sites for hydroxylation is 1. The molecule has 156 valence electrons. The zero-order chi connectivity index (χ0) is 20.9. The van der Waals surface area contributed by atoms with E-state index < -0.39 is 0 Å². The molecule has 1 aliphatic rings. The number of hydrogen-bond donors (Lipinski definition) is 1. The molecule has 0 bridgehead atoms. The van der Waals surface area contributed by atoms with E-state index in [0.29, 0.717) is 12.1 Å². The van der Waals surface area contributed by atoms with Crippen LogP contribution in [0.15, 0.2) is 60.8 Å². The molecule has 0 radical (unpaired) electrons. The summed E-state index contributed by atoms with van der Waals surface area (Å²) < 4.78 is 0. The van der Waals surface area contributed by atoms with E-state index in [0.717, 1.165) is 30.8 Å². The molecule has 3 aromatic rings. The highest BCUT2D eigenvalue weighted by Crippen LogP contribution is 2.33. The summed E-state index contributed by atoms with van der Waals surface area (Å²) >= 11 is 0. The van der Waals surface area contributed by atoms with Crippen molar-refractivity contribution in [3.8, 4) is 0 Å². The van der Waals surface area contributed by atoms with Gasteiger partial charge in [0.05, 0.1) is 23.5 Å². The van der Waals surface area contributed by atoms with Crippen molar-refractivity contribution in [2.24, 2.45) is 0 Å². The summed E-state index contributed by atoms with van der Waals surface area (Å²) in [7, 11) is 1.86. The average Bonchev–Trinajstić information content (AvgIpc) is 3.25. The minimum Gasteiger partial charge on any atom is -0.337 e. The minimum absolute atomic E-state index is 0.0176. The van der Waals surface area contributed by atoms with Gasteiger partial charge in [0.1, 0.15) is 0 Å². The second-order valence-corrected chi connectivity index (χ2v) is 8.25. The van der Waals surface area contributed by atoms with Crippen molar-refractivity contribution in [3.05, 3.63) is 88.7 Å². The third kappa shape index (κ3) is 4.46. The molecule has 5 nitrogen and oxygen atoms in total. The molecule has 30 heavy (non-hydrogen) atoms. The van der Waals surface area contributed by atoms with Crippen molar-refractivity contribution in [2.75, 3.05) is 13.6 Å². The van der Waals surface area contributed by atoms with E-state index in [1.807, 2.05) is 37.4 Å². The Morgan fingerprint density at radius 1 is 1.13 bits per heavy atom. The lowest BCUT2D eigenvalue weighted by Gasteiger charge is -2.36. The fraction of sp³-hybridized carbons (Fsp3) is 0.360. The summed E-state index contributed by atoms with van der Waals surface area (Å²) in [5, 5.41) is 7.43. The van der Waals surface area contributed by atoms with Gasteiger partial charge in [0.15, 0.2) is 0 Å². The maximum Gasteiger partial charge on any atom is 0.257 e. The fourth-order valence-corrected chi connectivity index (χ4v) is 4.37. The second-order valence-electron chi connectivity index (χ2n) is 8.25. The van der Waals surface area contributed by atoms with E-state index in [-0.39, 0.29) is 11.9 Å². The van der Waals surface area contributed by atoms with E-state index in [2.05, 4.69) is 46.3 Å². The van der Waals surface area contributed by atoms with Crippen LogP contribution < -0.4 is 0 Å². The van der Waals surface area contributed by atoms with Crippen molar-refractivity contribution in [2.45, 2.75) is 45.3 Å². The van der Waals surface area contributed by atoms with Crippen molar-refractivity contribution >= 4 is 5.91 Å². The van der Waals surface area contributed by atoms with Gasteiger partial charge >= 0.3 is 0 Å². The summed E-state index contributed by atoms with van der Waals surface area (Å²) in [6, 6.07) is 18.8. The molecule has 2 heterocycles. The maximum atomic E-state index is 13.2. The molecule has 4 rings (SSSR count). The van der Waals surface area contributed by atoms with E-state index in [1.54, 1.807) is 11.1 Å². The molecule has 2 aromatic carbocycles. The van der Waals surface area contributed by atoms with Crippen LogP contribution in [-0.2, 0) is 13.1 Å². The SMILES string of the molecule is Cc1ccccc1CN1CCCC[C@H]1c1[nH]ncc1C(=O)N(C)Cc1ccccc1. The molecule has 0 saturated carbocycles. The number of likely N-dealkylation sites (tertiary alicyclic amines) is 1. The summed E-state index contributed by atoms with van der Waals surface area (Å²) in [4.78, 5) is 17.5. The fourth-order valence-electron chi connectivity index (χ4n) is 4.37. The summed E-state index contributed by atoms with van der Waals surface area (Å²) in [6.07, 6.45) is 5.09. The molecule has 0 unspecified atom stereocenters. The molecule has 0 aliphatic carbocycles.